The molecule has 5 aromatic carbocycles. The summed E-state index contributed by atoms with van der Waals surface area (Å²) in [5, 5.41) is 4.69. The Morgan fingerprint density at radius 1 is 0.659 bits per heavy atom. The molecule has 0 saturated heterocycles. The fourth-order valence-electron chi connectivity index (χ4n) is 6.74. The van der Waals surface area contributed by atoms with Crippen LogP contribution in [0.4, 0.5) is 22.7 Å². The minimum atomic E-state index is 0.0589. The van der Waals surface area contributed by atoms with E-state index >= 15 is 0 Å². The van der Waals surface area contributed by atoms with E-state index in [1.807, 2.05) is 11.3 Å². The van der Waals surface area contributed by atoms with Crippen molar-refractivity contribution in [3.63, 3.8) is 0 Å². The Balaban J connectivity index is 1.42. The fourth-order valence-corrected chi connectivity index (χ4v) is 8.40. The number of benzene rings is 5. The van der Waals surface area contributed by atoms with Crippen molar-refractivity contribution < 1.29 is 0 Å². The maximum Gasteiger partial charge on any atom is 0.0660 e. The van der Waals surface area contributed by atoms with Gasteiger partial charge in [0.15, 0.2) is 0 Å². The molecular formula is C40H31ClN2S. The summed E-state index contributed by atoms with van der Waals surface area (Å²) < 4.78 is 1.31. The molecule has 2 aliphatic rings. The highest BCUT2D eigenvalue weighted by molar-refractivity contribution is 7.21. The normalized spacial score (nSPS) is 16.0. The van der Waals surface area contributed by atoms with Gasteiger partial charge in [-0.15, -0.1) is 11.3 Å². The number of hydrogen-bond acceptors (Lipinski definition) is 3. The van der Waals surface area contributed by atoms with Crippen molar-refractivity contribution in [2.24, 2.45) is 0 Å². The maximum atomic E-state index is 6.99. The van der Waals surface area contributed by atoms with E-state index in [2.05, 4.69) is 155 Å². The largest absolute Gasteiger partial charge is 0.334 e. The van der Waals surface area contributed by atoms with Gasteiger partial charge >= 0.3 is 0 Å². The Kier molecular flexibility index (Phi) is 7.06. The highest BCUT2D eigenvalue weighted by Crippen LogP contribution is 2.52. The monoisotopic (exact) mass is 606 g/mol. The van der Waals surface area contributed by atoms with Gasteiger partial charge in [0, 0.05) is 65.5 Å². The van der Waals surface area contributed by atoms with Gasteiger partial charge in [0.25, 0.3) is 0 Å². The average Bonchev–Trinajstić information content (AvgIpc) is 3.45. The van der Waals surface area contributed by atoms with Gasteiger partial charge < -0.3 is 9.80 Å². The van der Waals surface area contributed by atoms with Gasteiger partial charge in [-0.1, -0.05) is 103 Å². The van der Waals surface area contributed by atoms with Crippen molar-refractivity contribution in [3.05, 3.63) is 161 Å². The van der Waals surface area contributed by atoms with Crippen LogP contribution in [0, 0.1) is 0 Å². The van der Waals surface area contributed by atoms with Gasteiger partial charge in [-0.3, -0.25) is 0 Å². The molecule has 214 valence electrons. The summed E-state index contributed by atoms with van der Waals surface area (Å²) in [4.78, 5) is 6.15. The molecule has 0 spiro atoms. The topological polar surface area (TPSA) is 6.48 Å². The van der Waals surface area contributed by atoms with E-state index in [4.69, 9.17) is 11.6 Å². The Hall–Kier alpha value is -4.57. The van der Waals surface area contributed by atoms with Gasteiger partial charge in [-0.05, 0) is 67.5 Å². The van der Waals surface area contributed by atoms with Gasteiger partial charge in [0.05, 0.1) is 11.7 Å². The van der Waals surface area contributed by atoms with E-state index in [9.17, 15) is 0 Å². The Labute approximate surface area is 267 Å². The summed E-state index contributed by atoms with van der Waals surface area (Å²) in [7, 11) is 0. The number of hydrogen-bond donors (Lipinski definition) is 0. The zero-order valence-electron chi connectivity index (χ0n) is 24.2. The van der Waals surface area contributed by atoms with Gasteiger partial charge in [0.2, 0.25) is 0 Å². The van der Waals surface area contributed by atoms with Crippen LogP contribution in [0.2, 0.25) is 0 Å². The van der Waals surface area contributed by atoms with E-state index < -0.39 is 0 Å². The van der Waals surface area contributed by atoms with E-state index in [1.165, 1.54) is 48.4 Å². The Morgan fingerprint density at radius 2 is 1.27 bits per heavy atom. The molecule has 0 radical (unpaired) electrons. The molecule has 2 aliphatic carbocycles. The van der Waals surface area contributed by atoms with Crippen LogP contribution < -0.4 is 9.80 Å². The summed E-state index contributed by atoms with van der Waals surface area (Å²) in [5.74, 6) is 0. The molecule has 1 heterocycles. The summed E-state index contributed by atoms with van der Waals surface area (Å²) in [6.45, 7) is 0. The first-order valence-electron chi connectivity index (χ1n) is 15.2. The molecule has 4 heteroatoms. The molecule has 0 saturated carbocycles. The number of nitrogens with zero attached hydrogens (tertiary/aromatic N) is 2. The highest BCUT2D eigenvalue weighted by atomic mass is 35.5. The average molecular weight is 607 g/mol. The Morgan fingerprint density at radius 3 is 1.91 bits per heavy atom. The van der Waals surface area contributed by atoms with Gasteiger partial charge in [0.1, 0.15) is 0 Å². The third-order valence-corrected chi connectivity index (χ3v) is 10.1. The second-order valence-corrected chi connectivity index (χ2v) is 12.9. The van der Waals surface area contributed by atoms with E-state index in [0.29, 0.717) is 0 Å². The van der Waals surface area contributed by atoms with Crippen LogP contribution in [0.1, 0.15) is 35.7 Å². The van der Waals surface area contributed by atoms with Crippen LogP contribution in [-0.2, 0) is 0 Å². The zero-order valence-corrected chi connectivity index (χ0v) is 25.8. The lowest BCUT2D eigenvalue weighted by Crippen LogP contribution is -2.29. The van der Waals surface area contributed by atoms with Gasteiger partial charge in [-0.25, -0.2) is 0 Å². The van der Waals surface area contributed by atoms with Crippen LogP contribution in [0.15, 0.2) is 150 Å². The molecular weight excluding hydrogens is 576 g/mol. The minimum Gasteiger partial charge on any atom is -0.334 e. The lowest BCUT2D eigenvalue weighted by atomic mass is 9.91. The molecule has 0 N–H and O–H groups in total. The molecule has 1 aromatic heterocycles. The number of rotatable bonds is 6. The predicted molar refractivity (Wildman–Crippen MR) is 191 cm³/mol. The van der Waals surface area contributed by atoms with Crippen LogP contribution in [0.25, 0.3) is 26.9 Å². The third-order valence-electron chi connectivity index (χ3n) is 8.62. The molecule has 8 rings (SSSR count). The molecule has 1 atom stereocenters. The molecule has 44 heavy (non-hydrogen) atoms. The number of fused-ring (bicyclic) bond motifs is 5. The number of para-hydroxylation sites is 3. The first-order valence-corrected chi connectivity index (χ1v) is 16.4. The predicted octanol–water partition coefficient (Wildman–Crippen LogP) is 12.3. The van der Waals surface area contributed by atoms with Crippen LogP contribution >= 0.6 is 22.9 Å². The lowest BCUT2D eigenvalue weighted by molar-refractivity contribution is 0.681. The van der Waals surface area contributed by atoms with Crippen molar-refractivity contribution in [3.8, 4) is 0 Å². The maximum absolute atomic E-state index is 6.99. The number of halogens is 1. The van der Waals surface area contributed by atoms with Crippen LogP contribution in [0.5, 0.6) is 0 Å². The van der Waals surface area contributed by atoms with E-state index in [0.717, 1.165) is 35.7 Å². The third kappa shape index (κ3) is 4.73. The van der Waals surface area contributed by atoms with Crippen molar-refractivity contribution in [1.29, 1.82) is 0 Å². The molecule has 1 unspecified atom stereocenters. The quantitative estimate of drug-likeness (QED) is 0.186. The molecule has 0 bridgehead atoms. The lowest BCUT2D eigenvalue weighted by Gasteiger charge is -2.37. The van der Waals surface area contributed by atoms with Crippen molar-refractivity contribution in [1.82, 2.24) is 0 Å². The zero-order chi connectivity index (χ0) is 29.5. The summed E-state index contributed by atoms with van der Waals surface area (Å²) in [6, 6.07) is 43.5. The number of allylic oxidation sites excluding steroid dienone is 3. The molecule has 0 fully saturated rings. The minimum absolute atomic E-state index is 0.0589. The smallest absolute Gasteiger partial charge is 0.0660 e. The van der Waals surface area contributed by atoms with Crippen molar-refractivity contribution >= 4 is 72.6 Å². The van der Waals surface area contributed by atoms with Crippen molar-refractivity contribution in [2.45, 2.75) is 25.3 Å². The first-order chi connectivity index (χ1) is 21.8. The summed E-state index contributed by atoms with van der Waals surface area (Å²) in [5.41, 5.74) is 7.22. The molecule has 2 nitrogen and oxygen atoms in total. The summed E-state index contributed by atoms with van der Waals surface area (Å²) in [6.07, 6.45) is 12.0. The second kappa shape index (κ2) is 11.5. The van der Waals surface area contributed by atoms with E-state index in [-0.39, 0.29) is 6.04 Å². The van der Waals surface area contributed by atoms with Crippen LogP contribution in [0.3, 0.4) is 0 Å². The summed E-state index contributed by atoms with van der Waals surface area (Å²) >= 11 is 8.86. The molecule has 6 aromatic rings. The number of thiophene rings is 1. The highest BCUT2D eigenvalue weighted by Gasteiger charge is 2.33. The van der Waals surface area contributed by atoms with Gasteiger partial charge in [-0.2, -0.15) is 0 Å². The number of anilines is 4. The Bertz CT molecular complexity index is 2020. The standard InChI is InChI=1S/C40H31ClN2S/c41-28-25-37(43(31-19-9-3-10-20-31)32-21-11-4-12-22-32)39-35-27-36(33-23-13-14-24-34(33)40(35)44-38(39)26-28)42(29-15-5-1-6-16-29)30-17-7-2-8-18-30/h1-3,5-11,13-24,26-27,37H,4,12,25H2. The van der Waals surface area contributed by atoms with Crippen molar-refractivity contribution in [2.75, 3.05) is 9.80 Å². The first kappa shape index (κ1) is 27.0. The molecule has 0 aliphatic heterocycles. The van der Waals surface area contributed by atoms with Crippen LogP contribution in [-0.4, -0.2) is 0 Å². The second-order valence-electron chi connectivity index (χ2n) is 11.3. The fraction of sp³-hybridized carbons (Fsp3) is 0.100. The SMILES string of the molecule is ClC1=Cc2sc3c(cc(N(c4ccccc4)c4ccccc4)c4ccccc43)c2C(N(C2=CCCC=C2)c2ccccc2)C1. The molecule has 0 amide bonds. The van der Waals surface area contributed by atoms with E-state index in [1.54, 1.807) is 0 Å².